The Kier molecular flexibility index (Phi) is 7.58. The molecule has 1 aliphatic rings. The molecule has 0 saturated heterocycles. The summed E-state index contributed by atoms with van der Waals surface area (Å²) in [4.78, 5) is 30.5. The minimum atomic E-state index is -0.253. The van der Waals surface area contributed by atoms with Crippen LogP contribution in [0.4, 0.5) is 5.69 Å². The molecule has 2 amide bonds. The molecule has 0 spiro atoms. The minimum Gasteiger partial charge on any atom is -0.497 e. The van der Waals surface area contributed by atoms with Gasteiger partial charge in [-0.15, -0.1) is 0 Å². The number of anilines is 1. The molecule has 8 heteroatoms. The Hall–Kier alpha value is -3.94. The first-order valence-electron chi connectivity index (χ1n) is 11.9. The standard InChI is InChI=1S/C30H25ClN2O4S/c1-36-23-13-9-21(26(16-23)37-2)17-32-29(34)20-10-14-28-25(15-20)33(18-19-7-11-22(31)12-8-19)30(35)24-5-3-4-6-27(24)38-28/h3-16H,17-18H2,1-2H3,(H,32,34). The predicted molar refractivity (Wildman–Crippen MR) is 150 cm³/mol. The predicted octanol–water partition coefficient (Wildman–Crippen LogP) is 6.60. The number of methoxy groups -OCH3 is 2. The Balaban J connectivity index is 1.45. The SMILES string of the molecule is COc1ccc(CNC(=O)c2ccc3c(c2)N(Cc2ccc(Cl)cc2)C(=O)c2ccccc2S3)c(OC)c1. The molecule has 4 aromatic carbocycles. The van der Waals surface area contributed by atoms with Gasteiger partial charge in [-0.25, -0.2) is 0 Å². The maximum atomic E-state index is 13.7. The number of fused-ring (bicyclic) bond motifs is 2. The van der Waals surface area contributed by atoms with Gasteiger partial charge < -0.3 is 19.7 Å². The van der Waals surface area contributed by atoms with E-state index in [9.17, 15) is 9.59 Å². The summed E-state index contributed by atoms with van der Waals surface area (Å²) in [6, 6.07) is 25.9. The van der Waals surface area contributed by atoms with Crippen LogP contribution in [0, 0.1) is 0 Å². The van der Waals surface area contributed by atoms with E-state index in [0.717, 1.165) is 20.9 Å². The van der Waals surface area contributed by atoms with Crippen LogP contribution in [0.15, 0.2) is 94.7 Å². The van der Waals surface area contributed by atoms with E-state index in [0.29, 0.717) is 39.9 Å². The van der Waals surface area contributed by atoms with Crippen LogP contribution in [0.5, 0.6) is 11.5 Å². The molecule has 0 bridgehead atoms. The van der Waals surface area contributed by atoms with Crippen molar-refractivity contribution in [2.24, 2.45) is 0 Å². The van der Waals surface area contributed by atoms with Crippen LogP contribution >= 0.6 is 23.4 Å². The molecule has 1 N–H and O–H groups in total. The van der Waals surface area contributed by atoms with Gasteiger partial charge >= 0.3 is 0 Å². The first-order chi connectivity index (χ1) is 18.5. The highest BCUT2D eigenvalue weighted by Crippen LogP contribution is 2.42. The van der Waals surface area contributed by atoms with E-state index >= 15 is 0 Å². The van der Waals surface area contributed by atoms with Gasteiger partial charge in [0.05, 0.1) is 32.0 Å². The Bertz CT molecular complexity index is 1510. The Morgan fingerprint density at radius 3 is 2.47 bits per heavy atom. The zero-order chi connectivity index (χ0) is 26.6. The summed E-state index contributed by atoms with van der Waals surface area (Å²) >= 11 is 7.60. The molecule has 1 aliphatic heterocycles. The lowest BCUT2D eigenvalue weighted by atomic mass is 10.1. The fourth-order valence-corrected chi connectivity index (χ4v) is 5.45. The van der Waals surface area contributed by atoms with Gasteiger partial charge in [0, 0.05) is 38.6 Å². The maximum absolute atomic E-state index is 13.7. The lowest BCUT2D eigenvalue weighted by Gasteiger charge is -2.24. The summed E-state index contributed by atoms with van der Waals surface area (Å²) in [5.41, 5.74) is 3.51. The van der Waals surface area contributed by atoms with Gasteiger partial charge in [-0.2, -0.15) is 0 Å². The van der Waals surface area contributed by atoms with Crippen molar-refractivity contribution in [2.75, 3.05) is 19.1 Å². The number of nitrogens with zero attached hydrogens (tertiary/aromatic N) is 1. The van der Waals surface area contributed by atoms with Crippen molar-refractivity contribution in [3.05, 3.63) is 112 Å². The topological polar surface area (TPSA) is 67.9 Å². The molecule has 4 aromatic rings. The third-order valence-corrected chi connectivity index (χ3v) is 7.68. The van der Waals surface area contributed by atoms with E-state index in [1.165, 1.54) is 11.8 Å². The fraction of sp³-hybridized carbons (Fsp3) is 0.133. The number of rotatable bonds is 7. The Labute approximate surface area is 230 Å². The van der Waals surface area contributed by atoms with Crippen molar-refractivity contribution >= 4 is 40.9 Å². The molecule has 5 rings (SSSR count). The normalized spacial score (nSPS) is 12.3. The molecule has 38 heavy (non-hydrogen) atoms. The number of halogens is 1. The number of hydrogen-bond acceptors (Lipinski definition) is 5. The number of amides is 2. The highest BCUT2D eigenvalue weighted by Gasteiger charge is 2.28. The third kappa shape index (κ3) is 5.35. The number of carbonyl (C=O) groups is 2. The van der Waals surface area contributed by atoms with Crippen LogP contribution in [0.25, 0.3) is 0 Å². The van der Waals surface area contributed by atoms with Crippen molar-refractivity contribution in [3.63, 3.8) is 0 Å². The number of benzene rings is 4. The highest BCUT2D eigenvalue weighted by molar-refractivity contribution is 7.99. The lowest BCUT2D eigenvalue weighted by Crippen LogP contribution is -2.31. The Morgan fingerprint density at radius 1 is 0.921 bits per heavy atom. The van der Waals surface area contributed by atoms with Crippen molar-refractivity contribution in [1.82, 2.24) is 5.32 Å². The quantitative estimate of drug-likeness (QED) is 0.284. The Morgan fingerprint density at radius 2 is 1.71 bits per heavy atom. The van der Waals surface area contributed by atoms with E-state index in [2.05, 4.69) is 5.32 Å². The smallest absolute Gasteiger partial charge is 0.259 e. The van der Waals surface area contributed by atoms with Crippen molar-refractivity contribution in [1.29, 1.82) is 0 Å². The first-order valence-corrected chi connectivity index (χ1v) is 13.1. The number of hydrogen-bond donors (Lipinski definition) is 1. The second kappa shape index (κ2) is 11.2. The first kappa shape index (κ1) is 25.7. The molecular weight excluding hydrogens is 520 g/mol. The molecule has 192 valence electrons. The summed E-state index contributed by atoms with van der Waals surface area (Å²) in [5, 5.41) is 3.59. The van der Waals surface area contributed by atoms with Gasteiger partial charge in [0.2, 0.25) is 0 Å². The summed E-state index contributed by atoms with van der Waals surface area (Å²) in [6.45, 7) is 0.614. The lowest BCUT2D eigenvalue weighted by molar-refractivity contribution is 0.0947. The zero-order valence-corrected chi connectivity index (χ0v) is 22.4. The van der Waals surface area contributed by atoms with Gasteiger partial charge in [0.25, 0.3) is 11.8 Å². The average molecular weight is 545 g/mol. The largest absolute Gasteiger partial charge is 0.497 e. The van der Waals surface area contributed by atoms with Crippen LogP contribution in [-0.2, 0) is 13.1 Å². The molecule has 6 nitrogen and oxygen atoms in total. The number of ether oxygens (including phenoxy) is 2. The molecule has 1 heterocycles. The molecule has 0 aromatic heterocycles. The molecule has 0 aliphatic carbocycles. The van der Waals surface area contributed by atoms with E-state index in [1.54, 1.807) is 49.5 Å². The van der Waals surface area contributed by atoms with Gasteiger partial charge in [-0.1, -0.05) is 47.6 Å². The molecular formula is C30H25ClN2O4S. The van der Waals surface area contributed by atoms with E-state index < -0.39 is 0 Å². The second-order valence-corrected chi connectivity index (χ2v) is 10.2. The van der Waals surface area contributed by atoms with E-state index in [1.807, 2.05) is 54.6 Å². The number of nitrogens with one attached hydrogen (secondary N) is 1. The van der Waals surface area contributed by atoms with E-state index in [-0.39, 0.29) is 18.4 Å². The zero-order valence-electron chi connectivity index (χ0n) is 20.9. The summed E-state index contributed by atoms with van der Waals surface area (Å²) in [7, 11) is 3.17. The molecule has 0 saturated carbocycles. The van der Waals surface area contributed by atoms with Crippen LogP contribution in [0.3, 0.4) is 0 Å². The molecule has 0 unspecified atom stereocenters. The number of carbonyl (C=O) groups excluding carboxylic acids is 2. The third-order valence-electron chi connectivity index (χ3n) is 6.28. The van der Waals surface area contributed by atoms with Gasteiger partial charge in [0.1, 0.15) is 11.5 Å². The second-order valence-electron chi connectivity index (χ2n) is 8.66. The van der Waals surface area contributed by atoms with Crippen LogP contribution in [0.2, 0.25) is 5.02 Å². The molecule has 0 fully saturated rings. The van der Waals surface area contributed by atoms with Crippen molar-refractivity contribution in [3.8, 4) is 11.5 Å². The van der Waals surface area contributed by atoms with Crippen LogP contribution in [-0.4, -0.2) is 26.0 Å². The maximum Gasteiger partial charge on any atom is 0.259 e. The molecule has 0 atom stereocenters. The summed E-state index contributed by atoms with van der Waals surface area (Å²) < 4.78 is 10.7. The summed E-state index contributed by atoms with van der Waals surface area (Å²) in [6.07, 6.45) is 0. The average Bonchev–Trinajstić information content (AvgIpc) is 3.06. The van der Waals surface area contributed by atoms with Crippen molar-refractivity contribution < 1.29 is 19.1 Å². The van der Waals surface area contributed by atoms with Gasteiger partial charge in [-0.3, -0.25) is 9.59 Å². The minimum absolute atomic E-state index is 0.123. The highest BCUT2D eigenvalue weighted by atomic mass is 35.5. The van der Waals surface area contributed by atoms with Crippen LogP contribution < -0.4 is 19.7 Å². The van der Waals surface area contributed by atoms with E-state index in [4.69, 9.17) is 21.1 Å². The van der Waals surface area contributed by atoms with Crippen LogP contribution in [0.1, 0.15) is 31.8 Å². The van der Waals surface area contributed by atoms with Gasteiger partial charge in [-0.05, 0) is 60.2 Å². The van der Waals surface area contributed by atoms with Crippen molar-refractivity contribution in [2.45, 2.75) is 22.9 Å². The monoisotopic (exact) mass is 544 g/mol. The molecule has 0 radical (unpaired) electrons. The fourth-order valence-electron chi connectivity index (χ4n) is 4.27. The summed E-state index contributed by atoms with van der Waals surface area (Å²) in [5.74, 6) is 0.922. The van der Waals surface area contributed by atoms with Gasteiger partial charge in [0.15, 0.2) is 0 Å².